The number of halogens is 3. The number of hydrogen-bond acceptors (Lipinski definition) is 2. The Morgan fingerprint density at radius 1 is 0.963 bits per heavy atom. The van der Waals surface area contributed by atoms with E-state index < -0.39 is 17.5 Å². The first-order valence-corrected chi connectivity index (χ1v) is 10.0. The zero-order valence-electron chi connectivity index (χ0n) is 14.7. The van der Waals surface area contributed by atoms with E-state index in [-0.39, 0.29) is 21.9 Å². The number of thiophene rings is 1. The molecule has 0 radical (unpaired) electrons. The highest BCUT2D eigenvalue weighted by Gasteiger charge is 2.26. The van der Waals surface area contributed by atoms with E-state index >= 15 is 4.39 Å². The summed E-state index contributed by atoms with van der Waals surface area (Å²) in [5.41, 5.74) is 0.510. The summed E-state index contributed by atoms with van der Waals surface area (Å²) in [7, 11) is 0. The molecule has 0 atom stereocenters. The quantitative estimate of drug-likeness (QED) is 0.363. The van der Waals surface area contributed by atoms with Crippen molar-refractivity contribution in [2.45, 2.75) is 38.7 Å². The van der Waals surface area contributed by atoms with Crippen LogP contribution >= 0.6 is 11.3 Å². The molecule has 0 unspecified atom stereocenters. The Labute approximate surface area is 158 Å². The Kier molecular flexibility index (Phi) is 3.83. The molecule has 27 heavy (non-hydrogen) atoms. The van der Waals surface area contributed by atoms with E-state index in [9.17, 15) is 8.78 Å². The molecule has 1 fully saturated rings. The molecule has 0 N–H and O–H groups in total. The number of aryl methyl sites for hydroxylation is 1. The van der Waals surface area contributed by atoms with E-state index in [0.717, 1.165) is 30.6 Å². The monoisotopic (exact) mass is 386 g/mol. The summed E-state index contributed by atoms with van der Waals surface area (Å²) in [5.74, 6) is -1.37. The highest BCUT2D eigenvalue weighted by molar-refractivity contribution is 7.26. The SMILES string of the molecule is CCCc1ccc2cc3c(sc4c(F)c(OC5CC5)ccc43)c(F)c2c1F. The third-order valence-electron chi connectivity index (χ3n) is 5.11. The first kappa shape index (κ1) is 16.9. The summed E-state index contributed by atoms with van der Waals surface area (Å²) in [6.07, 6.45) is 3.29. The van der Waals surface area contributed by atoms with Gasteiger partial charge in [0.1, 0.15) is 5.82 Å². The van der Waals surface area contributed by atoms with Crippen LogP contribution < -0.4 is 4.74 Å². The molecule has 3 aromatic carbocycles. The van der Waals surface area contributed by atoms with E-state index in [1.165, 1.54) is 0 Å². The lowest BCUT2D eigenvalue weighted by Gasteiger charge is -2.08. The van der Waals surface area contributed by atoms with Gasteiger partial charge in [-0.1, -0.05) is 25.5 Å². The molecule has 1 heterocycles. The predicted molar refractivity (Wildman–Crippen MR) is 104 cm³/mol. The van der Waals surface area contributed by atoms with Crippen molar-refractivity contribution < 1.29 is 17.9 Å². The zero-order valence-corrected chi connectivity index (χ0v) is 15.6. The molecule has 1 aromatic heterocycles. The van der Waals surface area contributed by atoms with Crippen molar-refractivity contribution >= 4 is 42.3 Å². The molecule has 1 nitrogen and oxygen atoms in total. The van der Waals surface area contributed by atoms with E-state index in [1.807, 2.05) is 6.92 Å². The second kappa shape index (κ2) is 6.13. The van der Waals surface area contributed by atoms with Crippen LogP contribution in [0.4, 0.5) is 13.2 Å². The fourth-order valence-corrected chi connectivity index (χ4v) is 4.75. The average Bonchev–Trinajstić information content (AvgIpc) is 3.39. The first-order chi connectivity index (χ1) is 13.1. The lowest BCUT2D eigenvalue weighted by atomic mass is 10.0. The van der Waals surface area contributed by atoms with Crippen molar-refractivity contribution in [2.24, 2.45) is 0 Å². The molecule has 5 heteroatoms. The minimum Gasteiger partial charge on any atom is -0.487 e. The maximum atomic E-state index is 15.3. The lowest BCUT2D eigenvalue weighted by molar-refractivity contribution is 0.289. The van der Waals surface area contributed by atoms with Gasteiger partial charge in [-0.15, -0.1) is 11.3 Å². The summed E-state index contributed by atoms with van der Waals surface area (Å²) in [4.78, 5) is 0. The molecule has 1 saturated carbocycles. The Balaban J connectivity index is 1.79. The Bertz CT molecular complexity index is 1210. The average molecular weight is 386 g/mol. The van der Waals surface area contributed by atoms with Gasteiger partial charge in [-0.25, -0.2) is 13.2 Å². The second-order valence-corrected chi connectivity index (χ2v) is 8.15. The summed E-state index contributed by atoms with van der Waals surface area (Å²) in [5, 5.41) is 1.74. The molecule has 1 aliphatic carbocycles. The van der Waals surface area contributed by atoms with Gasteiger partial charge in [0.05, 0.1) is 20.9 Å². The van der Waals surface area contributed by atoms with Crippen LogP contribution in [0.1, 0.15) is 31.7 Å². The third-order valence-corrected chi connectivity index (χ3v) is 6.32. The molecule has 0 aliphatic heterocycles. The summed E-state index contributed by atoms with van der Waals surface area (Å²) >= 11 is 1.02. The molecule has 1 aliphatic rings. The molecule has 0 amide bonds. The van der Waals surface area contributed by atoms with Gasteiger partial charge in [0, 0.05) is 10.8 Å². The standard InChI is InChI=1S/C22H17F3OS/c1-2-3-11-4-5-12-10-15-14-8-9-16(26-13-6-7-13)19(24)21(14)27-22(15)20(25)17(12)18(11)23/h4-5,8-10,13H,2-3,6-7H2,1H3. The van der Waals surface area contributed by atoms with Gasteiger partial charge in [-0.2, -0.15) is 0 Å². The number of ether oxygens (including phenoxy) is 1. The van der Waals surface area contributed by atoms with Crippen LogP contribution in [-0.4, -0.2) is 6.10 Å². The first-order valence-electron chi connectivity index (χ1n) is 9.19. The molecular formula is C22H17F3OS. The minimum atomic E-state index is -0.608. The van der Waals surface area contributed by atoms with Gasteiger partial charge in [-0.3, -0.25) is 0 Å². The predicted octanol–water partition coefficient (Wildman–Crippen LogP) is 7.12. The number of fused-ring (bicyclic) bond motifs is 4. The molecule has 0 saturated heterocycles. The van der Waals surface area contributed by atoms with Crippen molar-refractivity contribution in [3.8, 4) is 5.75 Å². The Hall–Kier alpha value is -2.27. The zero-order chi connectivity index (χ0) is 18.7. The van der Waals surface area contributed by atoms with Gasteiger partial charge in [0.25, 0.3) is 0 Å². The Morgan fingerprint density at radius 3 is 2.48 bits per heavy atom. The second-order valence-electron chi connectivity index (χ2n) is 7.13. The van der Waals surface area contributed by atoms with Gasteiger partial charge in [-0.05, 0) is 48.4 Å². The molecule has 5 rings (SSSR count). The van der Waals surface area contributed by atoms with Crippen LogP contribution in [-0.2, 0) is 6.42 Å². The lowest BCUT2D eigenvalue weighted by Crippen LogP contribution is -1.97. The van der Waals surface area contributed by atoms with Crippen molar-refractivity contribution in [1.82, 2.24) is 0 Å². The maximum absolute atomic E-state index is 15.3. The van der Waals surface area contributed by atoms with E-state index in [0.29, 0.717) is 32.8 Å². The van der Waals surface area contributed by atoms with Gasteiger partial charge in [0.2, 0.25) is 0 Å². The van der Waals surface area contributed by atoms with Crippen molar-refractivity contribution in [2.75, 3.05) is 0 Å². The van der Waals surface area contributed by atoms with Crippen molar-refractivity contribution in [1.29, 1.82) is 0 Å². The highest BCUT2D eigenvalue weighted by Crippen LogP contribution is 2.43. The Morgan fingerprint density at radius 2 is 1.74 bits per heavy atom. The van der Waals surface area contributed by atoms with E-state index in [1.54, 1.807) is 30.3 Å². The summed E-state index contributed by atoms with van der Waals surface area (Å²) in [6.45, 7) is 1.96. The minimum absolute atomic E-state index is 0.00475. The number of benzene rings is 3. The van der Waals surface area contributed by atoms with Gasteiger partial charge < -0.3 is 4.74 Å². The van der Waals surface area contributed by atoms with Crippen LogP contribution in [0, 0.1) is 17.5 Å². The number of rotatable bonds is 4. The van der Waals surface area contributed by atoms with E-state index in [2.05, 4.69) is 0 Å². The summed E-state index contributed by atoms with van der Waals surface area (Å²) < 4.78 is 51.3. The van der Waals surface area contributed by atoms with Crippen LogP contribution in [0.15, 0.2) is 30.3 Å². The largest absolute Gasteiger partial charge is 0.487 e. The van der Waals surface area contributed by atoms with Gasteiger partial charge in [0.15, 0.2) is 17.4 Å². The smallest absolute Gasteiger partial charge is 0.182 e. The van der Waals surface area contributed by atoms with Crippen LogP contribution in [0.2, 0.25) is 0 Å². The molecule has 0 bridgehead atoms. The fourth-order valence-electron chi connectivity index (χ4n) is 3.60. The molecule has 4 aromatic rings. The maximum Gasteiger partial charge on any atom is 0.182 e. The highest BCUT2D eigenvalue weighted by atomic mass is 32.1. The molecular weight excluding hydrogens is 369 g/mol. The van der Waals surface area contributed by atoms with Crippen LogP contribution in [0.25, 0.3) is 30.9 Å². The summed E-state index contributed by atoms with van der Waals surface area (Å²) in [6, 6.07) is 8.59. The molecule has 0 spiro atoms. The van der Waals surface area contributed by atoms with E-state index in [4.69, 9.17) is 4.74 Å². The van der Waals surface area contributed by atoms with Gasteiger partial charge >= 0.3 is 0 Å². The van der Waals surface area contributed by atoms with Crippen molar-refractivity contribution in [3.63, 3.8) is 0 Å². The topological polar surface area (TPSA) is 9.23 Å². The molecule has 138 valence electrons. The fraction of sp³-hybridized carbons (Fsp3) is 0.273. The third kappa shape index (κ3) is 2.59. The van der Waals surface area contributed by atoms with Crippen LogP contribution in [0.3, 0.4) is 0 Å². The number of hydrogen-bond donors (Lipinski definition) is 0. The normalized spacial score (nSPS) is 14.5. The van der Waals surface area contributed by atoms with Crippen LogP contribution in [0.5, 0.6) is 5.75 Å². The van der Waals surface area contributed by atoms with Crippen molar-refractivity contribution in [3.05, 3.63) is 53.3 Å².